The monoisotopic (exact) mass is 296 g/mol. The van der Waals surface area contributed by atoms with Crippen molar-refractivity contribution < 1.29 is 19.1 Å². The minimum absolute atomic E-state index is 0.143. The average Bonchev–Trinajstić information content (AvgIpc) is 2.50. The van der Waals surface area contributed by atoms with Gasteiger partial charge in [-0.1, -0.05) is 6.42 Å². The summed E-state index contributed by atoms with van der Waals surface area (Å²) in [6.07, 6.45) is 3.44. The Morgan fingerprint density at radius 3 is 2.30 bits per heavy atom. The molecule has 4 nitrogen and oxygen atoms in total. The molecule has 0 spiro atoms. The van der Waals surface area contributed by atoms with Crippen LogP contribution in [0, 0.1) is 0 Å². The second kappa shape index (κ2) is 9.42. The van der Waals surface area contributed by atoms with E-state index in [9.17, 15) is 9.59 Å². The van der Waals surface area contributed by atoms with E-state index in [1.54, 1.807) is 23.9 Å². The summed E-state index contributed by atoms with van der Waals surface area (Å²) < 4.78 is 9.23. The van der Waals surface area contributed by atoms with E-state index in [1.807, 2.05) is 12.1 Å². The first-order chi connectivity index (χ1) is 9.67. The molecule has 1 aromatic carbocycles. The number of hydrogen-bond acceptors (Lipinski definition) is 5. The van der Waals surface area contributed by atoms with Gasteiger partial charge in [-0.05, 0) is 42.9 Å². The van der Waals surface area contributed by atoms with E-state index in [0.717, 1.165) is 29.9 Å². The molecule has 0 bridgehead atoms. The molecular weight excluding hydrogens is 276 g/mol. The summed E-state index contributed by atoms with van der Waals surface area (Å²) in [6, 6.07) is 7.38. The third kappa shape index (κ3) is 6.10. The second-order valence-electron chi connectivity index (χ2n) is 4.25. The van der Waals surface area contributed by atoms with E-state index in [-0.39, 0.29) is 11.9 Å². The molecule has 1 aromatic rings. The lowest BCUT2D eigenvalue weighted by Crippen LogP contribution is -2.00. The first-order valence-corrected chi connectivity index (χ1v) is 7.54. The number of thioether (sulfide) groups is 1. The second-order valence-corrected chi connectivity index (χ2v) is 5.42. The fourth-order valence-electron chi connectivity index (χ4n) is 1.65. The number of rotatable bonds is 8. The minimum Gasteiger partial charge on any atom is -0.469 e. The maximum atomic E-state index is 11.3. The predicted molar refractivity (Wildman–Crippen MR) is 79.0 cm³/mol. The molecule has 0 saturated heterocycles. The fraction of sp³-hybridized carbons (Fsp3) is 0.467. The molecule has 0 N–H and O–H groups in total. The Hall–Kier alpha value is -1.49. The standard InChI is InChI=1S/C15H20O4S/c1-18-14(16)6-4-3-5-11-20-13-9-7-12(8-10-13)15(17)19-2/h7-10H,3-6,11H2,1-2H3. The smallest absolute Gasteiger partial charge is 0.337 e. The molecule has 0 aliphatic carbocycles. The Bertz CT molecular complexity index is 428. The van der Waals surface area contributed by atoms with Crippen molar-refractivity contribution in [2.75, 3.05) is 20.0 Å². The van der Waals surface area contributed by atoms with Crippen molar-refractivity contribution in [2.24, 2.45) is 0 Å². The van der Waals surface area contributed by atoms with E-state index in [2.05, 4.69) is 9.47 Å². The predicted octanol–water partition coefficient (Wildman–Crippen LogP) is 3.30. The summed E-state index contributed by atoms with van der Waals surface area (Å²) in [6.45, 7) is 0. The third-order valence-corrected chi connectivity index (χ3v) is 3.90. The molecule has 0 aliphatic heterocycles. The number of benzene rings is 1. The third-order valence-electron chi connectivity index (χ3n) is 2.80. The molecule has 0 aliphatic rings. The highest BCUT2D eigenvalue weighted by atomic mass is 32.2. The highest BCUT2D eigenvalue weighted by molar-refractivity contribution is 7.99. The first-order valence-electron chi connectivity index (χ1n) is 6.55. The van der Waals surface area contributed by atoms with Crippen LogP contribution in [0.4, 0.5) is 0 Å². The number of methoxy groups -OCH3 is 2. The molecule has 0 radical (unpaired) electrons. The van der Waals surface area contributed by atoms with Crippen LogP contribution < -0.4 is 0 Å². The van der Waals surface area contributed by atoms with Crippen LogP contribution in [-0.4, -0.2) is 31.9 Å². The van der Waals surface area contributed by atoms with Crippen LogP contribution >= 0.6 is 11.8 Å². The van der Waals surface area contributed by atoms with Crippen molar-refractivity contribution in [1.29, 1.82) is 0 Å². The number of esters is 2. The maximum absolute atomic E-state index is 11.3. The molecule has 0 fully saturated rings. The van der Waals surface area contributed by atoms with Crippen molar-refractivity contribution >= 4 is 23.7 Å². The average molecular weight is 296 g/mol. The van der Waals surface area contributed by atoms with E-state index in [0.29, 0.717) is 12.0 Å². The SMILES string of the molecule is COC(=O)CCCCCSc1ccc(C(=O)OC)cc1. The van der Waals surface area contributed by atoms with Gasteiger partial charge in [0.25, 0.3) is 0 Å². The first kappa shape index (κ1) is 16.6. The Balaban J connectivity index is 2.19. The van der Waals surface area contributed by atoms with Crippen LogP contribution in [0.5, 0.6) is 0 Å². The zero-order chi connectivity index (χ0) is 14.8. The fourth-order valence-corrected chi connectivity index (χ4v) is 2.56. The molecule has 0 unspecified atom stereocenters. The van der Waals surface area contributed by atoms with Gasteiger partial charge in [0.15, 0.2) is 0 Å². The molecule has 0 heterocycles. The van der Waals surface area contributed by atoms with Gasteiger partial charge in [0.2, 0.25) is 0 Å². The maximum Gasteiger partial charge on any atom is 0.337 e. The number of carbonyl (C=O) groups is 2. The lowest BCUT2D eigenvalue weighted by atomic mass is 10.2. The highest BCUT2D eigenvalue weighted by Crippen LogP contribution is 2.20. The summed E-state index contributed by atoms with van der Waals surface area (Å²) in [5.74, 6) is 0.541. The summed E-state index contributed by atoms with van der Waals surface area (Å²) in [5, 5.41) is 0. The van der Waals surface area contributed by atoms with Crippen LogP contribution in [0.15, 0.2) is 29.2 Å². The van der Waals surface area contributed by atoms with Gasteiger partial charge >= 0.3 is 11.9 Å². The largest absolute Gasteiger partial charge is 0.469 e. The van der Waals surface area contributed by atoms with Crippen molar-refractivity contribution in [3.05, 3.63) is 29.8 Å². The lowest BCUT2D eigenvalue weighted by Gasteiger charge is -2.03. The minimum atomic E-state index is -0.315. The number of carbonyl (C=O) groups excluding carboxylic acids is 2. The van der Waals surface area contributed by atoms with Gasteiger partial charge in [-0.2, -0.15) is 0 Å². The Morgan fingerprint density at radius 2 is 1.70 bits per heavy atom. The van der Waals surface area contributed by atoms with Gasteiger partial charge in [-0.25, -0.2) is 4.79 Å². The topological polar surface area (TPSA) is 52.6 Å². The van der Waals surface area contributed by atoms with Crippen LogP contribution in [0.3, 0.4) is 0 Å². The molecular formula is C15H20O4S. The van der Waals surface area contributed by atoms with Gasteiger partial charge in [0.05, 0.1) is 19.8 Å². The molecule has 0 saturated carbocycles. The number of ether oxygens (including phenoxy) is 2. The van der Waals surface area contributed by atoms with E-state index < -0.39 is 0 Å². The van der Waals surface area contributed by atoms with Crippen LogP contribution in [0.1, 0.15) is 36.0 Å². The Labute approximate surface area is 123 Å². The number of hydrogen-bond donors (Lipinski definition) is 0. The van der Waals surface area contributed by atoms with Crippen LogP contribution in [-0.2, 0) is 14.3 Å². The Morgan fingerprint density at radius 1 is 1.00 bits per heavy atom. The van der Waals surface area contributed by atoms with Gasteiger partial charge in [-0.3, -0.25) is 4.79 Å². The molecule has 5 heteroatoms. The summed E-state index contributed by atoms with van der Waals surface area (Å²) in [4.78, 5) is 23.3. The molecule has 0 aromatic heterocycles. The molecule has 0 atom stereocenters. The molecule has 0 amide bonds. The van der Waals surface area contributed by atoms with Gasteiger partial charge in [0.1, 0.15) is 0 Å². The summed E-state index contributed by atoms with van der Waals surface area (Å²) in [7, 11) is 2.79. The van der Waals surface area contributed by atoms with Crippen LogP contribution in [0.25, 0.3) is 0 Å². The normalized spacial score (nSPS) is 10.1. The van der Waals surface area contributed by atoms with E-state index in [1.165, 1.54) is 14.2 Å². The summed E-state index contributed by atoms with van der Waals surface area (Å²) in [5.41, 5.74) is 0.565. The van der Waals surface area contributed by atoms with Gasteiger partial charge < -0.3 is 9.47 Å². The molecule has 110 valence electrons. The highest BCUT2D eigenvalue weighted by Gasteiger charge is 2.04. The number of unbranched alkanes of at least 4 members (excludes halogenated alkanes) is 2. The quantitative estimate of drug-likeness (QED) is 0.418. The molecule has 20 heavy (non-hydrogen) atoms. The van der Waals surface area contributed by atoms with Crippen molar-refractivity contribution in [3.63, 3.8) is 0 Å². The zero-order valence-electron chi connectivity index (χ0n) is 11.9. The van der Waals surface area contributed by atoms with Crippen molar-refractivity contribution in [2.45, 2.75) is 30.6 Å². The summed E-state index contributed by atoms with van der Waals surface area (Å²) >= 11 is 1.74. The van der Waals surface area contributed by atoms with Crippen molar-refractivity contribution in [3.8, 4) is 0 Å². The van der Waals surface area contributed by atoms with E-state index in [4.69, 9.17) is 0 Å². The van der Waals surface area contributed by atoms with E-state index >= 15 is 0 Å². The Kier molecular flexibility index (Phi) is 7.80. The lowest BCUT2D eigenvalue weighted by molar-refractivity contribution is -0.140. The van der Waals surface area contributed by atoms with Crippen molar-refractivity contribution in [1.82, 2.24) is 0 Å². The molecule has 1 rings (SSSR count). The van der Waals surface area contributed by atoms with Gasteiger partial charge in [-0.15, -0.1) is 11.8 Å². The zero-order valence-corrected chi connectivity index (χ0v) is 12.7. The van der Waals surface area contributed by atoms with Crippen LogP contribution in [0.2, 0.25) is 0 Å². The van der Waals surface area contributed by atoms with Gasteiger partial charge in [0, 0.05) is 11.3 Å².